The summed E-state index contributed by atoms with van der Waals surface area (Å²) in [6, 6.07) is 7.25. The van der Waals surface area contributed by atoms with Crippen LogP contribution in [0.1, 0.15) is 29.9 Å². The third kappa shape index (κ3) is 1.77. The van der Waals surface area contributed by atoms with Gasteiger partial charge < -0.3 is 5.11 Å². The van der Waals surface area contributed by atoms with Gasteiger partial charge in [-0.25, -0.2) is 8.78 Å². The van der Waals surface area contributed by atoms with Crippen molar-refractivity contribution in [2.75, 3.05) is 0 Å². The monoisotopic (exact) mass is 198 g/mol. The van der Waals surface area contributed by atoms with Crippen molar-refractivity contribution < 1.29 is 13.9 Å². The van der Waals surface area contributed by atoms with Gasteiger partial charge in [-0.3, -0.25) is 0 Å². The molecule has 1 fully saturated rings. The highest BCUT2D eigenvalue weighted by molar-refractivity contribution is 5.28. The van der Waals surface area contributed by atoms with E-state index in [1.54, 1.807) is 18.2 Å². The summed E-state index contributed by atoms with van der Waals surface area (Å²) in [6.45, 7) is -0.0308. The van der Waals surface area contributed by atoms with Gasteiger partial charge in [0.15, 0.2) is 0 Å². The highest BCUT2D eigenvalue weighted by Crippen LogP contribution is 2.48. The largest absolute Gasteiger partial charge is 0.392 e. The molecule has 0 bridgehead atoms. The molecular weight excluding hydrogens is 186 g/mol. The van der Waals surface area contributed by atoms with Crippen LogP contribution in [0.25, 0.3) is 0 Å². The highest BCUT2D eigenvalue weighted by atomic mass is 19.3. The van der Waals surface area contributed by atoms with Gasteiger partial charge in [-0.15, -0.1) is 0 Å². The number of hydrogen-bond donors (Lipinski definition) is 1. The molecule has 0 atom stereocenters. The summed E-state index contributed by atoms with van der Waals surface area (Å²) in [5, 5.41) is 8.89. The molecule has 1 N–H and O–H groups in total. The maximum Gasteiger partial charge on any atom is 0.249 e. The van der Waals surface area contributed by atoms with Crippen molar-refractivity contribution in [3.8, 4) is 0 Å². The van der Waals surface area contributed by atoms with Crippen molar-refractivity contribution in [1.82, 2.24) is 0 Å². The van der Waals surface area contributed by atoms with Gasteiger partial charge in [0.1, 0.15) is 0 Å². The van der Waals surface area contributed by atoms with Crippen LogP contribution in [0.3, 0.4) is 0 Å². The zero-order valence-corrected chi connectivity index (χ0v) is 7.71. The van der Waals surface area contributed by atoms with Crippen LogP contribution in [0.2, 0.25) is 0 Å². The zero-order valence-electron chi connectivity index (χ0n) is 7.71. The second kappa shape index (κ2) is 3.31. The molecule has 0 aliphatic heterocycles. The van der Waals surface area contributed by atoms with Crippen LogP contribution in [0, 0.1) is 0 Å². The summed E-state index contributed by atoms with van der Waals surface area (Å²) < 4.78 is 25.2. The van der Waals surface area contributed by atoms with Gasteiger partial charge in [-0.05, 0) is 17.0 Å². The molecule has 1 aromatic carbocycles. The Morgan fingerprint density at radius 1 is 1.36 bits per heavy atom. The SMILES string of the molecule is OCc1cccc(C2CC(F)(F)C2)c1. The van der Waals surface area contributed by atoms with Crippen molar-refractivity contribution in [3.63, 3.8) is 0 Å². The Hall–Kier alpha value is -0.960. The predicted molar refractivity (Wildman–Crippen MR) is 49.3 cm³/mol. The molecule has 0 heterocycles. The maximum atomic E-state index is 12.6. The molecule has 0 radical (unpaired) electrons. The Morgan fingerprint density at radius 2 is 2.07 bits per heavy atom. The standard InChI is InChI=1S/C11H12F2O/c12-11(13)5-10(6-11)9-3-1-2-8(4-9)7-14/h1-4,10,14H,5-7H2. The molecule has 1 aliphatic carbocycles. The molecular formula is C11H12F2O. The summed E-state index contributed by atoms with van der Waals surface area (Å²) in [5.74, 6) is -2.50. The number of alkyl halides is 2. The first-order valence-electron chi connectivity index (χ1n) is 4.68. The number of hydrogen-bond acceptors (Lipinski definition) is 1. The molecule has 3 heteroatoms. The van der Waals surface area contributed by atoms with Gasteiger partial charge in [-0.1, -0.05) is 24.3 Å². The van der Waals surface area contributed by atoms with Gasteiger partial charge in [0.05, 0.1) is 6.61 Å². The summed E-state index contributed by atoms with van der Waals surface area (Å²) in [5.41, 5.74) is 1.71. The minimum absolute atomic E-state index is 0.0308. The predicted octanol–water partition coefficient (Wildman–Crippen LogP) is 2.69. The van der Waals surface area contributed by atoms with Crippen molar-refractivity contribution in [3.05, 3.63) is 35.4 Å². The third-order valence-electron chi connectivity index (χ3n) is 2.70. The van der Waals surface area contributed by atoms with Crippen molar-refractivity contribution in [1.29, 1.82) is 0 Å². The van der Waals surface area contributed by atoms with Crippen molar-refractivity contribution in [2.24, 2.45) is 0 Å². The lowest BCUT2D eigenvalue weighted by Gasteiger charge is -2.35. The van der Waals surface area contributed by atoms with E-state index in [2.05, 4.69) is 0 Å². The number of halogens is 2. The summed E-state index contributed by atoms with van der Waals surface area (Å²) in [7, 11) is 0. The number of rotatable bonds is 2. The molecule has 1 saturated carbocycles. The van der Waals surface area contributed by atoms with E-state index in [0.717, 1.165) is 11.1 Å². The molecule has 1 aliphatic rings. The second-order valence-electron chi connectivity index (χ2n) is 3.86. The fraction of sp³-hybridized carbons (Fsp3) is 0.455. The lowest BCUT2D eigenvalue weighted by molar-refractivity contribution is -0.0867. The van der Waals surface area contributed by atoms with Gasteiger partial charge in [-0.2, -0.15) is 0 Å². The Labute approximate surface area is 81.4 Å². The van der Waals surface area contributed by atoms with Gasteiger partial charge >= 0.3 is 0 Å². The van der Waals surface area contributed by atoms with Crippen LogP contribution in [-0.4, -0.2) is 11.0 Å². The van der Waals surface area contributed by atoms with E-state index < -0.39 is 5.92 Å². The molecule has 1 nitrogen and oxygen atoms in total. The van der Waals surface area contributed by atoms with E-state index in [4.69, 9.17) is 5.11 Å². The van der Waals surface area contributed by atoms with Crippen LogP contribution < -0.4 is 0 Å². The average Bonchev–Trinajstić information content (AvgIpc) is 2.14. The average molecular weight is 198 g/mol. The topological polar surface area (TPSA) is 20.2 Å². The molecule has 0 unspecified atom stereocenters. The fourth-order valence-corrected chi connectivity index (χ4v) is 1.84. The molecule has 0 amide bonds. The molecule has 1 aromatic rings. The number of aliphatic hydroxyl groups excluding tert-OH is 1. The number of benzene rings is 1. The molecule has 0 saturated heterocycles. The van der Waals surface area contributed by atoms with Crippen molar-refractivity contribution in [2.45, 2.75) is 31.3 Å². The minimum Gasteiger partial charge on any atom is -0.392 e. The van der Waals surface area contributed by atoms with Crippen LogP contribution in [0.5, 0.6) is 0 Å². The van der Waals surface area contributed by atoms with Gasteiger partial charge in [0, 0.05) is 12.8 Å². The molecule has 2 rings (SSSR count). The smallest absolute Gasteiger partial charge is 0.249 e. The Balaban J connectivity index is 2.11. The second-order valence-corrected chi connectivity index (χ2v) is 3.86. The summed E-state index contributed by atoms with van der Waals surface area (Å²) in [4.78, 5) is 0. The van der Waals surface area contributed by atoms with Crippen molar-refractivity contribution >= 4 is 0 Å². The van der Waals surface area contributed by atoms with E-state index in [-0.39, 0.29) is 25.4 Å². The van der Waals surface area contributed by atoms with Crippen LogP contribution in [-0.2, 0) is 6.61 Å². The molecule has 76 valence electrons. The van der Waals surface area contributed by atoms with E-state index in [1.807, 2.05) is 6.07 Å². The Kier molecular flexibility index (Phi) is 2.27. The normalized spacial score (nSPS) is 20.5. The fourth-order valence-electron chi connectivity index (χ4n) is 1.84. The third-order valence-corrected chi connectivity index (χ3v) is 2.70. The number of aliphatic hydroxyl groups is 1. The van der Waals surface area contributed by atoms with Crippen LogP contribution in [0.15, 0.2) is 24.3 Å². The first-order chi connectivity index (χ1) is 6.61. The Bertz CT molecular complexity index is 328. The Morgan fingerprint density at radius 3 is 2.64 bits per heavy atom. The maximum absolute atomic E-state index is 12.6. The summed E-state index contributed by atoms with van der Waals surface area (Å²) >= 11 is 0. The lowest BCUT2D eigenvalue weighted by Crippen LogP contribution is -2.33. The minimum atomic E-state index is -2.47. The summed E-state index contributed by atoms with van der Waals surface area (Å²) in [6.07, 6.45) is -0.107. The van der Waals surface area contributed by atoms with Gasteiger partial charge in [0.2, 0.25) is 5.92 Å². The van der Waals surface area contributed by atoms with Crippen LogP contribution >= 0.6 is 0 Å². The van der Waals surface area contributed by atoms with E-state index >= 15 is 0 Å². The first-order valence-corrected chi connectivity index (χ1v) is 4.68. The highest BCUT2D eigenvalue weighted by Gasteiger charge is 2.45. The van der Waals surface area contributed by atoms with Gasteiger partial charge in [0.25, 0.3) is 0 Å². The van der Waals surface area contributed by atoms with Crippen LogP contribution in [0.4, 0.5) is 8.78 Å². The lowest BCUT2D eigenvalue weighted by atomic mass is 9.76. The molecule has 0 aromatic heterocycles. The first kappa shape index (κ1) is 9.59. The van der Waals surface area contributed by atoms with E-state index in [9.17, 15) is 8.78 Å². The molecule has 14 heavy (non-hydrogen) atoms. The molecule has 0 spiro atoms. The quantitative estimate of drug-likeness (QED) is 0.774. The zero-order chi connectivity index (χ0) is 10.2. The van der Waals surface area contributed by atoms with E-state index in [0.29, 0.717) is 0 Å². The van der Waals surface area contributed by atoms with E-state index in [1.165, 1.54) is 0 Å².